The number of hydrogen-bond acceptors (Lipinski definition) is 4. The molecule has 3 rings (SSSR count). The van der Waals surface area contributed by atoms with Crippen molar-refractivity contribution in [2.24, 2.45) is 0 Å². The molecule has 168 valence electrons. The number of hydrogen-bond donors (Lipinski definition) is 1. The molecule has 1 amide bonds. The lowest BCUT2D eigenvalue weighted by Crippen LogP contribution is -2.36. The first kappa shape index (κ1) is 24.1. The van der Waals surface area contributed by atoms with Crippen LogP contribution in [0.3, 0.4) is 0 Å². The van der Waals surface area contributed by atoms with Gasteiger partial charge in [0.2, 0.25) is 15.9 Å². The molecule has 0 spiro atoms. The van der Waals surface area contributed by atoms with E-state index in [1.807, 2.05) is 30.3 Å². The van der Waals surface area contributed by atoms with Gasteiger partial charge in [0.15, 0.2) is 0 Å². The van der Waals surface area contributed by atoms with Crippen LogP contribution in [0, 0.1) is 0 Å². The lowest BCUT2D eigenvalue weighted by molar-refractivity contribution is -0.116. The minimum atomic E-state index is -3.64. The molecule has 0 radical (unpaired) electrons. The number of rotatable bonds is 9. The molecular formula is C23H22Cl2N2O4S. The van der Waals surface area contributed by atoms with Gasteiger partial charge < -0.3 is 10.1 Å². The Kier molecular flexibility index (Phi) is 8.15. The van der Waals surface area contributed by atoms with Crippen molar-refractivity contribution in [2.75, 3.05) is 18.1 Å². The fourth-order valence-electron chi connectivity index (χ4n) is 2.87. The van der Waals surface area contributed by atoms with Gasteiger partial charge in [0.25, 0.3) is 0 Å². The van der Waals surface area contributed by atoms with Crippen molar-refractivity contribution in [3.63, 3.8) is 0 Å². The molecule has 32 heavy (non-hydrogen) atoms. The summed E-state index contributed by atoms with van der Waals surface area (Å²) < 4.78 is 31.2. The number of benzene rings is 3. The highest BCUT2D eigenvalue weighted by molar-refractivity contribution is 7.88. The molecule has 6 nitrogen and oxygen atoms in total. The molecule has 0 fully saturated rings. The smallest absolute Gasteiger partial charge is 0.239 e. The first-order chi connectivity index (χ1) is 15.2. The van der Waals surface area contributed by atoms with E-state index in [1.54, 1.807) is 42.5 Å². The summed E-state index contributed by atoms with van der Waals surface area (Å²) in [5, 5.41) is 3.39. The molecule has 3 aromatic rings. The number of anilines is 1. The Bertz CT molecular complexity index is 1170. The third-order valence-electron chi connectivity index (χ3n) is 4.52. The van der Waals surface area contributed by atoms with Crippen molar-refractivity contribution in [1.82, 2.24) is 4.31 Å². The fraction of sp³-hybridized carbons (Fsp3) is 0.174. The number of carbonyl (C=O) groups is 1. The van der Waals surface area contributed by atoms with Crippen LogP contribution in [0.25, 0.3) is 0 Å². The zero-order valence-corrected chi connectivity index (χ0v) is 19.6. The average Bonchev–Trinajstić information content (AvgIpc) is 2.75. The zero-order valence-electron chi connectivity index (χ0n) is 17.3. The normalized spacial score (nSPS) is 11.4. The number of carbonyl (C=O) groups excluding carboxylic acids is 1. The Morgan fingerprint density at radius 2 is 1.62 bits per heavy atom. The van der Waals surface area contributed by atoms with Gasteiger partial charge in [-0.15, -0.1) is 0 Å². The first-order valence-electron chi connectivity index (χ1n) is 9.66. The van der Waals surface area contributed by atoms with Crippen molar-refractivity contribution >= 4 is 44.8 Å². The fourth-order valence-corrected chi connectivity index (χ4v) is 3.92. The second-order valence-electron chi connectivity index (χ2n) is 7.13. The van der Waals surface area contributed by atoms with Gasteiger partial charge in [-0.3, -0.25) is 4.79 Å². The van der Waals surface area contributed by atoms with E-state index in [0.717, 1.165) is 16.1 Å². The number of nitrogens with one attached hydrogen (secondary N) is 1. The average molecular weight is 493 g/mol. The van der Waals surface area contributed by atoms with Crippen LogP contribution in [0.1, 0.15) is 11.1 Å². The molecular weight excluding hydrogens is 471 g/mol. The van der Waals surface area contributed by atoms with Gasteiger partial charge in [0, 0.05) is 12.2 Å². The Morgan fingerprint density at radius 1 is 0.938 bits per heavy atom. The lowest BCUT2D eigenvalue weighted by Gasteiger charge is -2.20. The third kappa shape index (κ3) is 7.24. The molecule has 0 unspecified atom stereocenters. The Hall–Kier alpha value is -2.58. The molecule has 1 N–H and O–H groups in total. The maximum Gasteiger partial charge on any atom is 0.239 e. The largest absolute Gasteiger partial charge is 0.489 e. The number of halogens is 2. The van der Waals surface area contributed by atoms with Gasteiger partial charge in [-0.1, -0.05) is 59.6 Å². The number of sulfonamides is 1. The minimum Gasteiger partial charge on any atom is -0.489 e. The summed E-state index contributed by atoms with van der Waals surface area (Å²) >= 11 is 11.9. The van der Waals surface area contributed by atoms with E-state index in [-0.39, 0.29) is 13.1 Å². The molecule has 0 aliphatic heterocycles. The van der Waals surface area contributed by atoms with Gasteiger partial charge in [-0.25, -0.2) is 8.42 Å². The van der Waals surface area contributed by atoms with Crippen molar-refractivity contribution in [3.05, 3.63) is 94.0 Å². The topological polar surface area (TPSA) is 75.7 Å². The van der Waals surface area contributed by atoms with E-state index in [4.69, 9.17) is 27.9 Å². The SMILES string of the molecule is CS(=O)(=O)N(CC(=O)Nc1ccc(OCc2ccccc2)cc1)Cc1ccc(Cl)c(Cl)c1. The van der Waals surface area contributed by atoms with Gasteiger partial charge >= 0.3 is 0 Å². The van der Waals surface area contributed by atoms with Gasteiger partial charge in [0.1, 0.15) is 12.4 Å². The summed E-state index contributed by atoms with van der Waals surface area (Å²) in [5.74, 6) is 0.192. The summed E-state index contributed by atoms with van der Waals surface area (Å²) in [5.41, 5.74) is 2.20. The molecule has 9 heteroatoms. The predicted octanol–water partition coefficient (Wildman–Crippen LogP) is 4.97. The molecule has 0 aliphatic carbocycles. The predicted molar refractivity (Wildman–Crippen MR) is 128 cm³/mol. The van der Waals surface area contributed by atoms with Gasteiger partial charge in [-0.2, -0.15) is 4.31 Å². The Morgan fingerprint density at radius 3 is 2.25 bits per heavy atom. The molecule has 0 saturated heterocycles. The first-order valence-corrected chi connectivity index (χ1v) is 12.3. The van der Waals surface area contributed by atoms with E-state index in [1.165, 1.54) is 0 Å². The summed E-state index contributed by atoms with van der Waals surface area (Å²) in [4.78, 5) is 12.5. The van der Waals surface area contributed by atoms with Crippen LogP contribution in [-0.2, 0) is 28.0 Å². The van der Waals surface area contributed by atoms with Gasteiger partial charge in [0.05, 0.1) is 22.8 Å². The van der Waals surface area contributed by atoms with Crippen LogP contribution >= 0.6 is 23.2 Å². The van der Waals surface area contributed by atoms with E-state index in [0.29, 0.717) is 33.7 Å². The molecule has 0 atom stereocenters. The molecule has 0 saturated carbocycles. The van der Waals surface area contributed by atoms with Crippen LogP contribution in [0.2, 0.25) is 10.0 Å². The maximum atomic E-state index is 12.5. The van der Waals surface area contributed by atoms with Crippen LogP contribution < -0.4 is 10.1 Å². The maximum absolute atomic E-state index is 12.5. The summed E-state index contributed by atoms with van der Waals surface area (Å²) in [7, 11) is -3.64. The summed E-state index contributed by atoms with van der Waals surface area (Å²) in [6.07, 6.45) is 1.05. The zero-order chi connectivity index (χ0) is 23.1. The summed E-state index contributed by atoms with van der Waals surface area (Å²) in [6, 6.07) is 21.5. The standard InChI is InChI=1S/C23H22Cl2N2O4S/c1-32(29,30)27(14-18-7-12-21(24)22(25)13-18)15-23(28)26-19-8-10-20(11-9-19)31-16-17-5-3-2-4-6-17/h2-13H,14-16H2,1H3,(H,26,28). The van der Waals surface area contributed by atoms with Crippen molar-refractivity contribution in [2.45, 2.75) is 13.2 Å². The third-order valence-corrected chi connectivity index (χ3v) is 6.45. The molecule has 3 aromatic carbocycles. The quantitative estimate of drug-likeness (QED) is 0.457. The highest BCUT2D eigenvalue weighted by Gasteiger charge is 2.21. The van der Waals surface area contributed by atoms with E-state index in [2.05, 4.69) is 5.32 Å². The van der Waals surface area contributed by atoms with E-state index >= 15 is 0 Å². The monoisotopic (exact) mass is 492 g/mol. The van der Waals surface area contributed by atoms with E-state index in [9.17, 15) is 13.2 Å². The van der Waals surface area contributed by atoms with Crippen LogP contribution in [-0.4, -0.2) is 31.4 Å². The number of ether oxygens (including phenoxy) is 1. The molecule has 0 aliphatic rings. The van der Waals surface area contributed by atoms with Gasteiger partial charge in [-0.05, 0) is 47.5 Å². The van der Waals surface area contributed by atoms with Crippen molar-refractivity contribution in [1.29, 1.82) is 0 Å². The summed E-state index contributed by atoms with van der Waals surface area (Å²) in [6.45, 7) is 0.0886. The highest BCUT2D eigenvalue weighted by Crippen LogP contribution is 2.24. The van der Waals surface area contributed by atoms with Crippen LogP contribution in [0.15, 0.2) is 72.8 Å². The van der Waals surface area contributed by atoms with Crippen LogP contribution in [0.4, 0.5) is 5.69 Å². The number of amides is 1. The second-order valence-corrected chi connectivity index (χ2v) is 9.92. The molecule has 0 aromatic heterocycles. The molecule has 0 heterocycles. The second kappa shape index (κ2) is 10.8. The minimum absolute atomic E-state index is 0.00456. The number of nitrogens with zero attached hydrogens (tertiary/aromatic N) is 1. The molecule has 0 bridgehead atoms. The van der Waals surface area contributed by atoms with Crippen LogP contribution in [0.5, 0.6) is 5.75 Å². The van der Waals surface area contributed by atoms with E-state index < -0.39 is 15.9 Å². The lowest BCUT2D eigenvalue weighted by atomic mass is 10.2. The van der Waals surface area contributed by atoms with Crippen molar-refractivity contribution in [3.8, 4) is 5.75 Å². The Labute approximate surface area is 197 Å². The van der Waals surface area contributed by atoms with Crippen molar-refractivity contribution < 1.29 is 17.9 Å². The highest BCUT2D eigenvalue weighted by atomic mass is 35.5. The Balaban J connectivity index is 1.58.